The summed E-state index contributed by atoms with van der Waals surface area (Å²) in [6, 6.07) is 0. The topological polar surface area (TPSA) is 74.6 Å². The number of unbranched alkanes of at least 4 members (excludes halogenated alkanes) is 16. The molecule has 0 fully saturated rings. The molecule has 4 nitrogen and oxygen atoms in total. The van der Waals surface area contributed by atoms with Gasteiger partial charge in [-0.05, 0) is 77.0 Å². The number of hydrogen-bond acceptors (Lipinski definition) is 2. The molecule has 0 aliphatic heterocycles. The predicted molar refractivity (Wildman–Crippen MR) is 174 cm³/mol. The van der Waals surface area contributed by atoms with Crippen LogP contribution in [0.3, 0.4) is 0 Å². The van der Waals surface area contributed by atoms with Gasteiger partial charge in [-0.15, -0.1) is 0 Å². The minimum absolute atomic E-state index is 0. The summed E-state index contributed by atoms with van der Waals surface area (Å²) in [7, 11) is 0. The van der Waals surface area contributed by atoms with Crippen LogP contribution in [0.2, 0.25) is 0 Å². The molecule has 5 heteroatoms. The predicted octanol–water partition coefficient (Wildman–Crippen LogP) is 11.8. The molecule has 0 atom stereocenters. The maximum absolute atomic E-state index is 10.3. The van der Waals surface area contributed by atoms with Gasteiger partial charge in [0.25, 0.3) is 0 Å². The van der Waals surface area contributed by atoms with Gasteiger partial charge in [-0.1, -0.05) is 127 Å². The van der Waals surface area contributed by atoms with Crippen LogP contribution in [0.25, 0.3) is 0 Å². The van der Waals surface area contributed by atoms with E-state index < -0.39 is 11.9 Å². The van der Waals surface area contributed by atoms with Crippen molar-refractivity contribution in [1.82, 2.24) is 0 Å². The third kappa shape index (κ3) is 48.5. The van der Waals surface area contributed by atoms with Crippen LogP contribution < -0.4 is 0 Å². The molecule has 243 valence electrons. The normalized spacial score (nSPS) is 11.4. The van der Waals surface area contributed by atoms with Crippen LogP contribution in [0.15, 0.2) is 48.6 Å². The second-order valence-electron chi connectivity index (χ2n) is 10.7. The Morgan fingerprint density at radius 2 is 0.683 bits per heavy atom. The van der Waals surface area contributed by atoms with Crippen LogP contribution in [0.4, 0.5) is 0 Å². The van der Waals surface area contributed by atoms with E-state index in [0.717, 1.165) is 51.4 Å². The molecule has 0 amide bonds. The smallest absolute Gasteiger partial charge is 0.303 e. The second kappa shape index (κ2) is 40.6. The molecule has 0 aliphatic carbocycles. The van der Waals surface area contributed by atoms with Crippen LogP contribution in [0, 0.1) is 0 Å². The van der Waals surface area contributed by atoms with Crippen LogP contribution in [0.5, 0.6) is 0 Å². The number of carboxylic acids is 2. The molecule has 0 saturated heterocycles. The fraction of sp³-hybridized carbons (Fsp3) is 0.722. The van der Waals surface area contributed by atoms with E-state index in [1.807, 2.05) is 0 Å². The van der Waals surface area contributed by atoms with Gasteiger partial charge < -0.3 is 10.2 Å². The molecule has 0 rings (SSSR count). The Hall–Kier alpha value is -1.58. The first-order valence-corrected chi connectivity index (χ1v) is 16.6. The Kier molecular flexibility index (Phi) is 43.4. The molecule has 0 aromatic heterocycles. The van der Waals surface area contributed by atoms with Crippen molar-refractivity contribution in [2.45, 2.75) is 168 Å². The third-order valence-corrected chi connectivity index (χ3v) is 6.68. The molecule has 0 aromatic carbocycles. The van der Waals surface area contributed by atoms with Crippen molar-refractivity contribution >= 4 is 11.9 Å². The summed E-state index contributed by atoms with van der Waals surface area (Å²) in [4.78, 5) is 20.6. The monoisotopic (exact) mass is 623 g/mol. The van der Waals surface area contributed by atoms with E-state index in [1.165, 1.54) is 89.9 Å². The Bertz CT molecular complexity index is 596. The molecule has 0 spiro atoms. The number of hydrogen-bond donors (Lipinski definition) is 2. The molecular formula is C36H64CuO4. The van der Waals surface area contributed by atoms with Gasteiger partial charge in [0.2, 0.25) is 0 Å². The van der Waals surface area contributed by atoms with E-state index in [-0.39, 0.29) is 17.1 Å². The number of carbonyl (C=O) groups is 2. The molecule has 0 bridgehead atoms. The Morgan fingerprint density at radius 1 is 0.415 bits per heavy atom. The maximum atomic E-state index is 10.3. The Balaban J connectivity index is -0.000000688. The van der Waals surface area contributed by atoms with Gasteiger partial charge in [0.05, 0.1) is 0 Å². The van der Waals surface area contributed by atoms with Crippen LogP contribution in [-0.4, -0.2) is 22.2 Å². The second-order valence-corrected chi connectivity index (χ2v) is 10.7. The maximum Gasteiger partial charge on any atom is 0.303 e. The third-order valence-electron chi connectivity index (χ3n) is 6.68. The molecule has 0 saturated carbocycles. The van der Waals surface area contributed by atoms with Crippen molar-refractivity contribution in [3.63, 3.8) is 0 Å². The zero-order chi connectivity index (χ0) is 29.8. The van der Waals surface area contributed by atoms with Gasteiger partial charge in [-0.3, -0.25) is 9.59 Å². The van der Waals surface area contributed by atoms with E-state index in [1.54, 1.807) is 0 Å². The number of rotatable bonds is 28. The molecule has 41 heavy (non-hydrogen) atoms. The summed E-state index contributed by atoms with van der Waals surface area (Å²) in [5, 5.41) is 17.0. The Labute approximate surface area is 264 Å². The van der Waals surface area contributed by atoms with Crippen molar-refractivity contribution in [3.05, 3.63) is 48.6 Å². The SMILES string of the molecule is CCCCC/C=C\C/C=C\CCCCCCCC(=O)O.CCCCC/C=C\C/C=C\CCCCCCCC(=O)O.[Cu]. The van der Waals surface area contributed by atoms with E-state index in [9.17, 15) is 9.59 Å². The summed E-state index contributed by atoms with van der Waals surface area (Å²) in [5.41, 5.74) is 0. The van der Waals surface area contributed by atoms with E-state index in [4.69, 9.17) is 10.2 Å². The van der Waals surface area contributed by atoms with Crippen LogP contribution >= 0.6 is 0 Å². The van der Waals surface area contributed by atoms with Gasteiger partial charge in [-0.25, -0.2) is 0 Å². The standard InChI is InChI=1S/2C18H32O2.Cu/c2*1-2-3-4-5-6-7-8-9-10-11-12-13-14-15-16-17-18(19)20;/h2*6-7,9-10H,2-5,8,11-17H2,1H3,(H,19,20);/b2*7-6-,10-9-;. The van der Waals surface area contributed by atoms with Gasteiger partial charge in [0.15, 0.2) is 0 Å². The van der Waals surface area contributed by atoms with Gasteiger partial charge in [-0.2, -0.15) is 0 Å². The summed E-state index contributed by atoms with van der Waals surface area (Å²) in [6.45, 7) is 4.47. The van der Waals surface area contributed by atoms with E-state index in [2.05, 4.69) is 62.5 Å². The number of carboxylic acid groups (broad SMARTS) is 2. The summed E-state index contributed by atoms with van der Waals surface area (Å²) in [5.74, 6) is -1.34. The molecule has 0 unspecified atom stereocenters. The van der Waals surface area contributed by atoms with E-state index in [0.29, 0.717) is 12.8 Å². The minimum Gasteiger partial charge on any atom is -0.481 e. The quantitative estimate of drug-likeness (QED) is 0.0516. The van der Waals surface area contributed by atoms with Gasteiger partial charge >= 0.3 is 11.9 Å². The average molecular weight is 624 g/mol. The van der Waals surface area contributed by atoms with Crippen molar-refractivity contribution in [1.29, 1.82) is 0 Å². The fourth-order valence-corrected chi connectivity index (χ4v) is 4.18. The first-order chi connectivity index (χ1) is 19.5. The van der Waals surface area contributed by atoms with Crippen LogP contribution in [0.1, 0.15) is 168 Å². The number of allylic oxidation sites excluding steroid dienone is 8. The van der Waals surface area contributed by atoms with E-state index >= 15 is 0 Å². The largest absolute Gasteiger partial charge is 0.481 e. The first-order valence-electron chi connectivity index (χ1n) is 16.6. The van der Waals surface area contributed by atoms with Crippen molar-refractivity contribution in [2.75, 3.05) is 0 Å². The summed E-state index contributed by atoms with van der Waals surface area (Å²) >= 11 is 0. The van der Waals surface area contributed by atoms with Crippen molar-refractivity contribution in [2.24, 2.45) is 0 Å². The summed E-state index contributed by atoms with van der Waals surface area (Å²) in [6.07, 6.45) is 44.6. The van der Waals surface area contributed by atoms with Gasteiger partial charge in [0.1, 0.15) is 0 Å². The molecule has 2 N–H and O–H groups in total. The Morgan fingerprint density at radius 3 is 0.976 bits per heavy atom. The zero-order valence-corrected chi connectivity index (χ0v) is 27.5. The average Bonchev–Trinajstić information content (AvgIpc) is 2.93. The molecule has 1 radical (unpaired) electrons. The molecule has 0 heterocycles. The van der Waals surface area contributed by atoms with Gasteiger partial charge in [0, 0.05) is 29.9 Å². The molecule has 0 aromatic rings. The minimum atomic E-state index is -0.671. The van der Waals surface area contributed by atoms with Crippen LogP contribution in [-0.2, 0) is 26.7 Å². The molecule has 0 aliphatic rings. The summed E-state index contributed by atoms with van der Waals surface area (Å²) < 4.78 is 0. The zero-order valence-electron chi connectivity index (χ0n) is 26.6. The van der Waals surface area contributed by atoms with Crippen molar-refractivity contribution in [3.8, 4) is 0 Å². The number of aliphatic carboxylic acids is 2. The fourth-order valence-electron chi connectivity index (χ4n) is 4.18. The molecular weight excluding hydrogens is 560 g/mol. The first kappa shape index (κ1) is 43.9. The van der Waals surface area contributed by atoms with Crippen molar-refractivity contribution < 1.29 is 36.9 Å².